The first kappa shape index (κ1) is 21.8. The quantitative estimate of drug-likeness (QED) is 0.624. The van der Waals surface area contributed by atoms with E-state index >= 15 is 0 Å². The molecule has 1 atom stereocenters. The van der Waals surface area contributed by atoms with Crippen LogP contribution in [0, 0.1) is 13.8 Å². The van der Waals surface area contributed by atoms with Gasteiger partial charge in [0.1, 0.15) is 6.04 Å². The number of hydrogen-bond acceptors (Lipinski definition) is 3. The molecule has 1 aromatic heterocycles. The van der Waals surface area contributed by atoms with E-state index in [4.69, 9.17) is 0 Å². The highest BCUT2D eigenvalue weighted by molar-refractivity contribution is 5.97. The Morgan fingerprint density at radius 3 is 2.28 bits per heavy atom. The second kappa shape index (κ2) is 9.81. The lowest BCUT2D eigenvalue weighted by atomic mass is 10.0. The highest BCUT2D eigenvalue weighted by Crippen LogP contribution is 2.14. The van der Waals surface area contributed by atoms with Crippen LogP contribution < -0.4 is 5.32 Å². The lowest BCUT2D eigenvalue weighted by Gasteiger charge is -2.24. The average Bonchev–Trinajstić information content (AvgIpc) is 3.44. The molecule has 0 saturated carbocycles. The molecule has 4 rings (SSSR count). The molecule has 0 spiro atoms. The molecule has 166 valence electrons. The van der Waals surface area contributed by atoms with Crippen LogP contribution in [0.4, 0.5) is 0 Å². The van der Waals surface area contributed by atoms with E-state index in [1.54, 1.807) is 0 Å². The third-order valence-corrected chi connectivity index (χ3v) is 5.96. The fourth-order valence-corrected chi connectivity index (χ4v) is 4.22. The summed E-state index contributed by atoms with van der Waals surface area (Å²) < 4.78 is 1.95. The van der Waals surface area contributed by atoms with E-state index in [-0.39, 0.29) is 11.8 Å². The van der Waals surface area contributed by atoms with Crippen LogP contribution in [-0.4, -0.2) is 45.6 Å². The van der Waals surface area contributed by atoms with Crippen molar-refractivity contribution in [2.75, 3.05) is 13.1 Å². The second-order valence-corrected chi connectivity index (χ2v) is 8.53. The number of nitrogens with zero attached hydrogens (tertiary/aromatic N) is 3. The maximum atomic E-state index is 13.1. The van der Waals surface area contributed by atoms with Crippen molar-refractivity contribution in [1.29, 1.82) is 0 Å². The Bertz CT molecular complexity index is 1070. The van der Waals surface area contributed by atoms with E-state index in [9.17, 15) is 9.59 Å². The van der Waals surface area contributed by atoms with Crippen LogP contribution >= 0.6 is 0 Å². The zero-order valence-corrected chi connectivity index (χ0v) is 18.8. The van der Waals surface area contributed by atoms with Gasteiger partial charge >= 0.3 is 0 Å². The van der Waals surface area contributed by atoms with E-state index in [1.807, 2.05) is 84.1 Å². The van der Waals surface area contributed by atoms with Crippen molar-refractivity contribution in [2.24, 2.45) is 0 Å². The molecule has 3 aromatic rings. The summed E-state index contributed by atoms with van der Waals surface area (Å²) in [5, 5.41) is 7.49. The minimum atomic E-state index is -0.572. The van der Waals surface area contributed by atoms with E-state index < -0.39 is 6.04 Å². The molecule has 0 radical (unpaired) electrons. The molecule has 1 aliphatic rings. The molecule has 2 amide bonds. The van der Waals surface area contributed by atoms with Crippen molar-refractivity contribution in [2.45, 2.75) is 45.7 Å². The van der Waals surface area contributed by atoms with Gasteiger partial charge in [-0.3, -0.25) is 14.3 Å². The first-order valence-corrected chi connectivity index (χ1v) is 11.2. The minimum Gasteiger partial charge on any atom is -0.341 e. The highest BCUT2D eigenvalue weighted by Gasteiger charge is 2.28. The van der Waals surface area contributed by atoms with Crippen LogP contribution in [0.25, 0.3) is 0 Å². The van der Waals surface area contributed by atoms with Gasteiger partial charge in [0.25, 0.3) is 5.91 Å². The lowest BCUT2D eigenvalue weighted by Crippen LogP contribution is -2.49. The summed E-state index contributed by atoms with van der Waals surface area (Å²) in [4.78, 5) is 28.0. The molecular weight excluding hydrogens is 400 g/mol. The second-order valence-electron chi connectivity index (χ2n) is 8.53. The van der Waals surface area contributed by atoms with Gasteiger partial charge in [0.2, 0.25) is 5.91 Å². The third-order valence-electron chi connectivity index (χ3n) is 5.96. The summed E-state index contributed by atoms with van der Waals surface area (Å²) in [6, 6.07) is 18.8. The van der Waals surface area contributed by atoms with Crippen molar-refractivity contribution < 1.29 is 9.59 Å². The summed E-state index contributed by atoms with van der Waals surface area (Å²) in [6.07, 6.45) is 2.53. The van der Waals surface area contributed by atoms with Gasteiger partial charge in [-0.25, -0.2) is 0 Å². The molecule has 0 bridgehead atoms. The van der Waals surface area contributed by atoms with Crippen LogP contribution in [-0.2, 0) is 17.8 Å². The Hall–Kier alpha value is -3.41. The summed E-state index contributed by atoms with van der Waals surface area (Å²) in [5.41, 5.74) is 4.75. The topological polar surface area (TPSA) is 67.2 Å². The summed E-state index contributed by atoms with van der Waals surface area (Å²) in [7, 11) is 0. The molecule has 6 heteroatoms. The van der Waals surface area contributed by atoms with Crippen molar-refractivity contribution in [3.63, 3.8) is 0 Å². The lowest BCUT2D eigenvalue weighted by molar-refractivity contribution is -0.132. The summed E-state index contributed by atoms with van der Waals surface area (Å²) in [6.45, 7) is 6.20. The first-order chi connectivity index (χ1) is 15.5. The number of aryl methyl sites for hydroxylation is 2. The third kappa shape index (κ3) is 5.25. The Balaban J connectivity index is 1.45. The van der Waals surface area contributed by atoms with Gasteiger partial charge in [0.05, 0.1) is 12.2 Å². The fraction of sp³-hybridized carbons (Fsp3) is 0.346. The number of rotatable bonds is 7. The number of likely N-dealkylation sites (tertiary alicyclic amines) is 1. The molecule has 1 N–H and O–H groups in total. The molecule has 2 heterocycles. The van der Waals surface area contributed by atoms with Crippen LogP contribution in [0.15, 0.2) is 60.7 Å². The van der Waals surface area contributed by atoms with Gasteiger partial charge in [-0.15, -0.1) is 0 Å². The van der Waals surface area contributed by atoms with Crippen LogP contribution in [0.5, 0.6) is 0 Å². The smallest absolute Gasteiger partial charge is 0.251 e. The molecular formula is C26H30N4O2. The average molecular weight is 431 g/mol. The zero-order chi connectivity index (χ0) is 22.5. The van der Waals surface area contributed by atoms with E-state index in [0.29, 0.717) is 18.5 Å². The first-order valence-electron chi connectivity index (χ1n) is 11.2. The Morgan fingerprint density at radius 1 is 0.969 bits per heavy atom. The Labute approximate surface area is 189 Å². The number of nitrogens with one attached hydrogen (secondary N) is 1. The number of carbonyl (C=O) groups is 2. The highest BCUT2D eigenvalue weighted by atomic mass is 16.2. The van der Waals surface area contributed by atoms with Crippen molar-refractivity contribution in [3.05, 3.63) is 88.7 Å². The number of hydrogen-bond donors (Lipinski definition) is 1. The number of aromatic nitrogens is 2. The molecule has 6 nitrogen and oxygen atoms in total. The Morgan fingerprint density at radius 2 is 1.66 bits per heavy atom. The number of amides is 2. The maximum Gasteiger partial charge on any atom is 0.251 e. The SMILES string of the molecule is Cc1cc(C)n(Cc2ccc(C(=O)NC(Cc3ccccc3)C(=O)N3CCCC3)cc2)n1. The van der Waals surface area contributed by atoms with Crippen molar-refractivity contribution in [1.82, 2.24) is 20.0 Å². The van der Waals surface area contributed by atoms with Gasteiger partial charge in [-0.05, 0) is 56.0 Å². The normalized spacial score (nSPS) is 14.4. The van der Waals surface area contributed by atoms with Gasteiger partial charge in [0.15, 0.2) is 0 Å². The molecule has 1 saturated heterocycles. The molecule has 1 aliphatic heterocycles. The van der Waals surface area contributed by atoms with Crippen molar-refractivity contribution >= 4 is 11.8 Å². The van der Waals surface area contributed by atoms with E-state index in [1.165, 1.54) is 0 Å². The van der Waals surface area contributed by atoms with Gasteiger partial charge in [-0.2, -0.15) is 5.10 Å². The number of carbonyl (C=O) groups excluding carboxylic acids is 2. The molecule has 1 unspecified atom stereocenters. The predicted molar refractivity (Wildman–Crippen MR) is 124 cm³/mol. The van der Waals surface area contributed by atoms with E-state index in [0.717, 1.165) is 48.4 Å². The van der Waals surface area contributed by atoms with Crippen LogP contribution in [0.1, 0.15) is 45.7 Å². The molecule has 0 aliphatic carbocycles. The van der Waals surface area contributed by atoms with Crippen LogP contribution in [0.3, 0.4) is 0 Å². The predicted octanol–water partition coefficient (Wildman–Crippen LogP) is 3.51. The maximum absolute atomic E-state index is 13.1. The number of benzene rings is 2. The van der Waals surface area contributed by atoms with Crippen molar-refractivity contribution in [3.8, 4) is 0 Å². The van der Waals surface area contributed by atoms with Crippen LogP contribution in [0.2, 0.25) is 0 Å². The molecule has 2 aromatic carbocycles. The molecule has 1 fully saturated rings. The van der Waals surface area contributed by atoms with Gasteiger partial charge in [0, 0.05) is 30.8 Å². The largest absolute Gasteiger partial charge is 0.341 e. The van der Waals surface area contributed by atoms with Gasteiger partial charge < -0.3 is 10.2 Å². The molecule has 32 heavy (non-hydrogen) atoms. The standard InChI is InChI=1S/C26H30N4O2/c1-19-16-20(2)30(28-19)18-22-10-12-23(13-11-22)25(31)27-24(17-21-8-4-3-5-9-21)26(32)29-14-6-7-15-29/h3-5,8-13,16,24H,6-7,14-15,17-18H2,1-2H3,(H,27,31). The monoisotopic (exact) mass is 430 g/mol. The Kier molecular flexibility index (Phi) is 6.69. The minimum absolute atomic E-state index is 0.000787. The van der Waals surface area contributed by atoms with Gasteiger partial charge in [-0.1, -0.05) is 42.5 Å². The zero-order valence-electron chi connectivity index (χ0n) is 18.8. The fourth-order valence-electron chi connectivity index (χ4n) is 4.22. The summed E-state index contributed by atoms with van der Waals surface area (Å²) in [5.74, 6) is -0.225. The summed E-state index contributed by atoms with van der Waals surface area (Å²) >= 11 is 0. The van der Waals surface area contributed by atoms with E-state index in [2.05, 4.69) is 10.4 Å².